The molecule has 0 radical (unpaired) electrons. The predicted molar refractivity (Wildman–Crippen MR) is 98.4 cm³/mol. The van der Waals surface area contributed by atoms with E-state index in [0.29, 0.717) is 28.6 Å². The van der Waals surface area contributed by atoms with E-state index in [1.807, 2.05) is 0 Å². The zero-order valence-corrected chi connectivity index (χ0v) is 16.8. The van der Waals surface area contributed by atoms with E-state index in [4.69, 9.17) is 4.74 Å². The van der Waals surface area contributed by atoms with Crippen LogP contribution in [-0.4, -0.2) is 11.2 Å². The van der Waals surface area contributed by atoms with Crippen LogP contribution in [0.4, 0.5) is 0 Å². The zero-order valence-electron chi connectivity index (χ0n) is 16.8. The van der Waals surface area contributed by atoms with Crippen molar-refractivity contribution in [3.8, 4) is 0 Å². The Bertz CT molecular complexity index is 516. The maximum atomic E-state index is 6.84. The van der Waals surface area contributed by atoms with Crippen LogP contribution in [0.15, 0.2) is 12.2 Å². The summed E-state index contributed by atoms with van der Waals surface area (Å²) in [5.41, 5.74) is 2.05. The highest BCUT2D eigenvalue weighted by atomic mass is 16.5. The van der Waals surface area contributed by atoms with Crippen LogP contribution in [0.3, 0.4) is 0 Å². The monoisotopic (exact) mass is 318 g/mol. The van der Waals surface area contributed by atoms with Gasteiger partial charge in [-0.1, -0.05) is 53.2 Å². The first-order valence-electron chi connectivity index (χ1n) is 9.73. The summed E-state index contributed by atoms with van der Waals surface area (Å²) in [6, 6.07) is 0. The molecule has 0 N–H and O–H groups in total. The van der Waals surface area contributed by atoms with Gasteiger partial charge in [-0.25, -0.2) is 0 Å². The zero-order chi connectivity index (χ0) is 17.4. The van der Waals surface area contributed by atoms with Gasteiger partial charge in [0.15, 0.2) is 0 Å². The standard InChI is InChI=1S/C22H38O/c1-14-13-20(6,7)23-22(9)16(3)15(2)18-19(4,5)11-10-12-21(18,8)17(14)22/h15-18H,1,10-13H2,2-9H3/t15?,16?,17?,18?,21?,22-/m1/s1. The maximum Gasteiger partial charge on any atom is 0.0760 e. The Morgan fingerprint density at radius 2 is 1.61 bits per heavy atom. The normalized spacial score (nSPS) is 51.7. The van der Waals surface area contributed by atoms with Crippen LogP contribution in [0, 0.1) is 34.5 Å². The van der Waals surface area contributed by atoms with E-state index in [2.05, 4.69) is 62.0 Å². The third kappa shape index (κ3) is 2.29. The third-order valence-corrected chi connectivity index (χ3v) is 8.10. The molecule has 1 heterocycles. The van der Waals surface area contributed by atoms with Gasteiger partial charge in [0.05, 0.1) is 11.2 Å². The van der Waals surface area contributed by atoms with Crippen LogP contribution >= 0.6 is 0 Å². The number of hydrogen-bond acceptors (Lipinski definition) is 1. The second-order valence-electron chi connectivity index (χ2n) is 10.8. The molecule has 0 aromatic heterocycles. The molecule has 3 fully saturated rings. The highest BCUT2D eigenvalue weighted by molar-refractivity contribution is 5.25. The molecule has 6 atom stereocenters. The van der Waals surface area contributed by atoms with Gasteiger partial charge >= 0.3 is 0 Å². The molecule has 1 heteroatoms. The highest BCUT2D eigenvalue weighted by Crippen LogP contribution is 2.69. The SMILES string of the molecule is C=C1CC(C)(C)O[C@]2(C)C(C)C(C)C3C(C)(C)CCCC3(C)C12. The molecule has 1 aliphatic heterocycles. The number of hydrogen-bond donors (Lipinski definition) is 0. The van der Waals surface area contributed by atoms with Gasteiger partial charge in [0.1, 0.15) is 0 Å². The van der Waals surface area contributed by atoms with E-state index < -0.39 is 0 Å². The van der Waals surface area contributed by atoms with Crippen molar-refractivity contribution in [2.45, 2.75) is 92.3 Å². The molecule has 1 saturated heterocycles. The van der Waals surface area contributed by atoms with Gasteiger partial charge in [0.2, 0.25) is 0 Å². The minimum Gasteiger partial charge on any atom is -0.368 e. The van der Waals surface area contributed by atoms with Crippen molar-refractivity contribution in [1.82, 2.24) is 0 Å². The minimum atomic E-state index is -0.0797. The van der Waals surface area contributed by atoms with Crippen molar-refractivity contribution < 1.29 is 4.74 Å². The van der Waals surface area contributed by atoms with Gasteiger partial charge in [-0.05, 0) is 68.6 Å². The second kappa shape index (κ2) is 4.87. The van der Waals surface area contributed by atoms with Crippen molar-refractivity contribution in [2.24, 2.45) is 34.5 Å². The van der Waals surface area contributed by atoms with E-state index in [-0.39, 0.29) is 11.2 Å². The van der Waals surface area contributed by atoms with Gasteiger partial charge in [0, 0.05) is 5.92 Å². The maximum absolute atomic E-state index is 6.84. The summed E-state index contributed by atoms with van der Waals surface area (Å²) in [5.74, 6) is 2.52. The molecule has 3 rings (SSSR count). The lowest BCUT2D eigenvalue weighted by Gasteiger charge is -2.69. The molecular weight excluding hydrogens is 280 g/mol. The number of rotatable bonds is 0. The second-order valence-corrected chi connectivity index (χ2v) is 10.8. The van der Waals surface area contributed by atoms with Crippen LogP contribution in [0.5, 0.6) is 0 Å². The van der Waals surface area contributed by atoms with Gasteiger partial charge < -0.3 is 4.74 Å². The van der Waals surface area contributed by atoms with Crippen molar-refractivity contribution in [2.75, 3.05) is 0 Å². The molecule has 3 aliphatic rings. The van der Waals surface area contributed by atoms with Gasteiger partial charge in [-0.3, -0.25) is 0 Å². The summed E-state index contributed by atoms with van der Waals surface area (Å²) < 4.78 is 6.84. The summed E-state index contributed by atoms with van der Waals surface area (Å²) in [5, 5.41) is 0. The molecule has 23 heavy (non-hydrogen) atoms. The Labute approximate surface area is 144 Å². The third-order valence-electron chi connectivity index (χ3n) is 8.10. The molecule has 0 aromatic rings. The van der Waals surface area contributed by atoms with E-state index in [0.717, 1.165) is 12.3 Å². The molecule has 5 unspecified atom stereocenters. The molecule has 2 aliphatic carbocycles. The molecule has 2 saturated carbocycles. The average Bonchev–Trinajstić information content (AvgIpc) is 2.32. The topological polar surface area (TPSA) is 9.23 Å². The van der Waals surface area contributed by atoms with Crippen LogP contribution in [0.25, 0.3) is 0 Å². The Morgan fingerprint density at radius 3 is 2.22 bits per heavy atom. The molecule has 0 spiro atoms. The molecular formula is C22H38O. The molecule has 0 aromatic carbocycles. The minimum absolute atomic E-state index is 0.0725. The fraction of sp³-hybridized carbons (Fsp3) is 0.909. The van der Waals surface area contributed by atoms with Crippen molar-refractivity contribution in [3.05, 3.63) is 12.2 Å². The van der Waals surface area contributed by atoms with Gasteiger partial charge in [-0.2, -0.15) is 0 Å². The molecule has 0 bridgehead atoms. The largest absolute Gasteiger partial charge is 0.368 e. The van der Waals surface area contributed by atoms with Crippen LogP contribution in [-0.2, 0) is 4.74 Å². The van der Waals surface area contributed by atoms with Crippen molar-refractivity contribution in [3.63, 3.8) is 0 Å². The predicted octanol–water partition coefficient (Wildman–Crippen LogP) is 6.23. The van der Waals surface area contributed by atoms with Gasteiger partial charge in [0.25, 0.3) is 0 Å². The Balaban J connectivity index is 2.15. The van der Waals surface area contributed by atoms with E-state index >= 15 is 0 Å². The summed E-state index contributed by atoms with van der Waals surface area (Å²) in [6.45, 7) is 24.0. The van der Waals surface area contributed by atoms with Crippen LogP contribution in [0.2, 0.25) is 0 Å². The number of fused-ring (bicyclic) bond motifs is 3. The first-order valence-corrected chi connectivity index (χ1v) is 9.73. The van der Waals surface area contributed by atoms with Crippen LogP contribution < -0.4 is 0 Å². The highest BCUT2D eigenvalue weighted by Gasteiger charge is 2.66. The van der Waals surface area contributed by atoms with E-state index in [1.165, 1.54) is 24.8 Å². The summed E-state index contributed by atoms with van der Waals surface area (Å²) in [4.78, 5) is 0. The molecule has 0 amide bonds. The molecule has 132 valence electrons. The lowest BCUT2D eigenvalue weighted by Crippen LogP contribution is -2.68. The smallest absolute Gasteiger partial charge is 0.0760 e. The van der Waals surface area contributed by atoms with Gasteiger partial charge in [-0.15, -0.1) is 0 Å². The summed E-state index contributed by atoms with van der Waals surface area (Å²) in [6.07, 6.45) is 5.06. The van der Waals surface area contributed by atoms with Crippen LogP contribution in [0.1, 0.15) is 81.1 Å². The molecule has 1 nitrogen and oxygen atoms in total. The van der Waals surface area contributed by atoms with Crippen molar-refractivity contribution in [1.29, 1.82) is 0 Å². The fourth-order valence-corrected chi connectivity index (χ4v) is 7.80. The fourth-order valence-electron chi connectivity index (χ4n) is 7.80. The van der Waals surface area contributed by atoms with E-state index in [9.17, 15) is 0 Å². The summed E-state index contributed by atoms with van der Waals surface area (Å²) >= 11 is 0. The Hall–Kier alpha value is -0.300. The average molecular weight is 319 g/mol. The Kier molecular flexibility index (Phi) is 3.71. The summed E-state index contributed by atoms with van der Waals surface area (Å²) in [7, 11) is 0. The number of ether oxygens (including phenoxy) is 1. The quantitative estimate of drug-likeness (QED) is 0.481. The first kappa shape index (κ1) is 17.5. The van der Waals surface area contributed by atoms with Crippen molar-refractivity contribution >= 4 is 0 Å². The lowest BCUT2D eigenvalue weighted by molar-refractivity contribution is -0.278. The lowest BCUT2D eigenvalue weighted by atomic mass is 9.39. The van der Waals surface area contributed by atoms with E-state index in [1.54, 1.807) is 0 Å². The Morgan fingerprint density at radius 1 is 1.00 bits per heavy atom. The first-order chi connectivity index (χ1) is 10.4.